The van der Waals surface area contributed by atoms with Crippen LogP contribution in [0, 0.1) is 0 Å². The minimum absolute atomic E-state index is 0.0651. The first kappa shape index (κ1) is 28.1. The molecule has 0 bridgehead atoms. The molecule has 0 unspecified atom stereocenters. The van der Waals surface area contributed by atoms with Crippen LogP contribution in [0.3, 0.4) is 0 Å². The third-order valence-corrected chi connectivity index (χ3v) is 5.38. The van der Waals surface area contributed by atoms with Crippen molar-refractivity contribution in [1.29, 1.82) is 0 Å². The minimum atomic E-state index is -1.81. The molecule has 172 valence electrons. The van der Waals surface area contributed by atoms with Crippen LogP contribution in [0.2, 0.25) is 0 Å². The normalized spacial score (nSPS) is 15.7. The van der Waals surface area contributed by atoms with Crippen molar-refractivity contribution in [1.82, 2.24) is 0 Å². The maximum atomic E-state index is 12.0. The van der Waals surface area contributed by atoms with Gasteiger partial charge in [0.05, 0.1) is 6.61 Å². The number of unbranched alkanes of at least 4 members (excludes halogenated alkanes) is 12. The van der Waals surface area contributed by atoms with Crippen molar-refractivity contribution in [2.24, 2.45) is 5.73 Å². The number of carbonyl (C=O) groups excluding carboxylic acids is 2. The van der Waals surface area contributed by atoms with Gasteiger partial charge in [-0.3, -0.25) is 9.59 Å². The third-order valence-electron chi connectivity index (χ3n) is 5.38. The van der Waals surface area contributed by atoms with Crippen molar-refractivity contribution in [2.45, 2.75) is 121 Å². The lowest BCUT2D eigenvalue weighted by molar-refractivity contribution is -0.142. The van der Waals surface area contributed by atoms with E-state index < -0.39 is 42.5 Å². The molecule has 29 heavy (non-hydrogen) atoms. The minimum Gasteiger partial charge on any atom is -0.394 e. The summed E-state index contributed by atoms with van der Waals surface area (Å²) >= 11 is 0. The molecule has 0 amide bonds. The Kier molecular flexibility index (Phi) is 17.4. The Morgan fingerprint density at radius 2 is 1.14 bits per heavy atom. The fourth-order valence-electron chi connectivity index (χ4n) is 3.32. The molecule has 0 spiro atoms. The first-order valence-corrected chi connectivity index (χ1v) is 11.3. The van der Waals surface area contributed by atoms with Gasteiger partial charge in [-0.25, -0.2) is 0 Å². The van der Waals surface area contributed by atoms with E-state index >= 15 is 0 Å². The first-order chi connectivity index (χ1) is 13.9. The van der Waals surface area contributed by atoms with Crippen LogP contribution in [0.15, 0.2) is 0 Å². The van der Waals surface area contributed by atoms with Gasteiger partial charge in [0.25, 0.3) is 0 Å². The van der Waals surface area contributed by atoms with Gasteiger partial charge in [0.15, 0.2) is 5.78 Å². The van der Waals surface area contributed by atoms with Gasteiger partial charge in [0.2, 0.25) is 5.78 Å². The molecule has 0 saturated carbocycles. The number of aliphatic hydroxyl groups is 4. The molecule has 0 aliphatic heterocycles. The second-order valence-corrected chi connectivity index (χ2v) is 8.04. The third kappa shape index (κ3) is 13.1. The maximum absolute atomic E-state index is 12.0. The van der Waals surface area contributed by atoms with Crippen molar-refractivity contribution >= 4 is 11.6 Å². The summed E-state index contributed by atoms with van der Waals surface area (Å²) in [5.74, 6) is -1.63. The molecule has 0 radical (unpaired) electrons. The number of rotatable bonds is 20. The van der Waals surface area contributed by atoms with E-state index in [4.69, 9.17) is 10.8 Å². The largest absolute Gasteiger partial charge is 0.394 e. The Morgan fingerprint density at radius 3 is 1.55 bits per heavy atom. The number of carbonyl (C=O) groups is 2. The molecule has 7 nitrogen and oxygen atoms in total. The smallest absolute Gasteiger partial charge is 0.217 e. The maximum Gasteiger partial charge on any atom is 0.217 e. The van der Waals surface area contributed by atoms with E-state index in [2.05, 4.69) is 6.92 Å². The van der Waals surface area contributed by atoms with E-state index in [0.717, 1.165) is 19.3 Å². The second kappa shape index (κ2) is 18.0. The molecule has 0 aromatic carbocycles. The number of nitrogens with two attached hydrogens (primary N) is 1. The number of ketones is 2. The predicted molar refractivity (Wildman–Crippen MR) is 113 cm³/mol. The van der Waals surface area contributed by atoms with Gasteiger partial charge < -0.3 is 26.2 Å². The van der Waals surface area contributed by atoms with Gasteiger partial charge in [0.1, 0.15) is 24.4 Å². The summed E-state index contributed by atoms with van der Waals surface area (Å²) in [6, 6.07) is -1.61. The molecule has 0 rings (SSSR count). The highest BCUT2D eigenvalue weighted by molar-refractivity contribution is 6.39. The van der Waals surface area contributed by atoms with Crippen molar-refractivity contribution in [3.05, 3.63) is 0 Å². The van der Waals surface area contributed by atoms with Crippen LogP contribution in [-0.2, 0) is 9.59 Å². The molecule has 0 heterocycles. The number of aliphatic hydroxyl groups excluding tert-OH is 4. The van der Waals surface area contributed by atoms with Gasteiger partial charge in [-0.2, -0.15) is 0 Å². The van der Waals surface area contributed by atoms with Crippen molar-refractivity contribution in [3.63, 3.8) is 0 Å². The number of hydrogen-bond acceptors (Lipinski definition) is 7. The Labute approximate surface area is 175 Å². The van der Waals surface area contributed by atoms with Crippen LogP contribution in [0.5, 0.6) is 0 Å². The van der Waals surface area contributed by atoms with Gasteiger partial charge in [0, 0.05) is 6.42 Å². The monoisotopic (exact) mass is 417 g/mol. The zero-order valence-electron chi connectivity index (χ0n) is 18.1. The lowest BCUT2D eigenvalue weighted by Crippen LogP contribution is -2.54. The Morgan fingerprint density at radius 1 is 0.724 bits per heavy atom. The van der Waals surface area contributed by atoms with Gasteiger partial charge in [-0.1, -0.05) is 84.0 Å². The molecule has 0 aliphatic carbocycles. The topological polar surface area (TPSA) is 141 Å². The summed E-state index contributed by atoms with van der Waals surface area (Å²) in [5, 5.41) is 37.4. The zero-order chi connectivity index (χ0) is 22.1. The van der Waals surface area contributed by atoms with E-state index in [9.17, 15) is 24.9 Å². The molecule has 0 aliphatic rings. The average molecular weight is 418 g/mol. The van der Waals surface area contributed by atoms with Crippen molar-refractivity contribution in [3.8, 4) is 0 Å². The Hall–Kier alpha value is -0.860. The van der Waals surface area contributed by atoms with Gasteiger partial charge >= 0.3 is 0 Å². The van der Waals surface area contributed by atoms with E-state index in [1.165, 1.54) is 57.8 Å². The standard InChI is InChI=1S/C22H43NO6/c1-2-3-4-5-6-7-8-9-10-11-12-13-14-15-17(25)20(27)19(23)22(29)21(28)18(26)16-24/h18-19,21-22,24,26,28-29H,2-16,23H2,1H3/t18-,19+,21-,22-/m1/s1. The SMILES string of the molecule is CCCCCCCCCCCCCCCC(=O)C(=O)[C@H](N)[C@@H](O)[C@H](O)[C@H](O)CO. The fraction of sp³-hybridized carbons (Fsp3) is 0.909. The Bertz CT molecular complexity index is 432. The summed E-state index contributed by atoms with van der Waals surface area (Å²) in [4.78, 5) is 23.9. The number of hydrogen-bond donors (Lipinski definition) is 5. The van der Waals surface area contributed by atoms with Crippen LogP contribution in [-0.4, -0.2) is 63.0 Å². The van der Waals surface area contributed by atoms with Gasteiger partial charge in [-0.15, -0.1) is 0 Å². The highest BCUT2D eigenvalue weighted by Gasteiger charge is 2.35. The van der Waals surface area contributed by atoms with E-state index in [0.29, 0.717) is 6.42 Å². The molecule has 0 aromatic heterocycles. The molecule has 4 atom stereocenters. The van der Waals surface area contributed by atoms with Gasteiger partial charge in [-0.05, 0) is 6.42 Å². The molecule has 0 saturated heterocycles. The van der Waals surface area contributed by atoms with E-state index in [-0.39, 0.29) is 6.42 Å². The predicted octanol–water partition coefficient (Wildman–Crippen LogP) is 2.01. The zero-order valence-corrected chi connectivity index (χ0v) is 18.1. The second-order valence-electron chi connectivity index (χ2n) is 8.04. The number of Topliss-reactive ketones (excluding diaryl/α,β-unsaturated/α-hetero) is 2. The molecule has 7 heteroatoms. The molecule has 6 N–H and O–H groups in total. The van der Waals surface area contributed by atoms with E-state index in [1.807, 2.05) is 0 Å². The lowest BCUT2D eigenvalue weighted by atomic mass is 9.95. The van der Waals surface area contributed by atoms with Crippen molar-refractivity contribution < 1.29 is 30.0 Å². The van der Waals surface area contributed by atoms with E-state index in [1.54, 1.807) is 0 Å². The molecular formula is C22H43NO6. The average Bonchev–Trinajstić information content (AvgIpc) is 2.73. The highest BCUT2D eigenvalue weighted by Crippen LogP contribution is 2.13. The van der Waals surface area contributed by atoms with Crippen LogP contribution in [0.1, 0.15) is 96.8 Å². The molecule has 0 fully saturated rings. The van der Waals surface area contributed by atoms with Crippen LogP contribution in [0.4, 0.5) is 0 Å². The first-order valence-electron chi connectivity index (χ1n) is 11.3. The fourth-order valence-corrected chi connectivity index (χ4v) is 3.32. The summed E-state index contributed by atoms with van der Waals surface area (Å²) in [5.41, 5.74) is 5.53. The molecule has 0 aromatic rings. The molecular weight excluding hydrogens is 374 g/mol. The quantitative estimate of drug-likeness (QED) is 0.151. The highest BCUT2D eigenvalue weighted by atomic mass is 16.4. The van der Waals surface area contributed by atoms with Crippen molar-refractivity contribution in [2.75, 3.05) is 6.61 Å². The summed E-state index contributed by atoms with van der Waals surface area (Å²) in [6.45, 7) is 1.44. The lowest BCUT2D eigenvalue weighted by Gasteiger charge is -2.25. The van der Waals surface area contributed by atoms with Crippen LogP contribution < -0.4 is 5.73 Å². The Balaban J connectivity index is 3.74. The summed E-state index contributed by atoms with van der Waals surface area (Å²) < 4.78 is 0. The summed E-state index contributed by atoms with van der Waals surface area (Å²) in [7, 11) is 0. The summed E-state index contributed by atoms with van der Waals surface area (Å²) in [6.07, 6.45) is 10.2. The van der Waals surface area contributed by atoms with Crippen LogP contribution >= 0.6 is 0 Å². The van der Waals surface area contributed by atoms with Crippen LogP contribution in [0.25, 0.3) is 0 Å².